The highest BCUT2D eigenvalue weighted by molar-refractivity contribution is 7.61. The molecule has 22 heteroatoms. The molecule has 1 unspecified atom stereocenters. The average molecular weight is 580 g/mol. The van der Waals surface area contributed by atoms with Gasteiger partial charge in [0.25, 0.3) is 5.56 Å². The minimum atomic E-state index is -5.77. The number of hydrogen-bond acceptors (Lipinski definition) is 16. The van der Waals surface area contributed by atoms with Gasteiger partial charge in [-0.2, -0.15) is 4.31 Å². The van der Waals surface area contributed by atoms with Gasteiger partial charge in [0.05, 0.1) is 6.61 Å². The fraction of sp³-hybridized carbons (Fsp3) is 0.600. The molecule has 1 saturated heterocycles. The molecule has 2 heterocycles. The van der Waals surface area contributed by atoms with Gasteiger partial charge in [-0.1, -0.05) is 0 Å². The highest BCUT2D eigenvalue weighted by atomic mass is 31.3. The van der Waals surface area contributed by atoms with E-state index in [-0.39, 0.29) is 6.29 Å². The third-order valence-electron chi connectivity index (χ3n) is 4.67. The van der Waals surface area contributed by atoms with E-state index in [1.165, 1.54) is 0 Å². The van der Waals surface area contributed by atoms with Crippen molar-refractivity contribution in [2.45, 2.75) is 49.0 Å². The molecule has 37 heavy (non-hydrogen) atoms. The second-order valence-corrected chi connectivity index (χ2v) is 10.3. The summed E-state index contributed by atoms with van der Waals surface area (Å²) in [5.74, 6) is -2.17. The summed E-state index contributed by atoms with van der Waals surface area (Å²) in [6.07, 6.45) is -16.8. The Hall–Kier alpha value is -2.16. The lowest BCUT2D eigenvalue weighted by Gasteiger charge is -2.25. The van der Waals surface area contributed by atoms with E-state index in [1.807, 2.05) is 4.98 Å². The molecule has 20 nitrogen and oxygen atoms in total. The summed E-state index contributed by atoms with van der Waals surface area (Å²) in [5.41, 5.74) is -1.86. The van der Waals surface area contributed by atoms with Crippen molar-refractivity contribution in [3.63, 3.8) is 0 Å². The van der Waals surface area contributed by atoms with Crippen LogP contribution in [0.2, 0.25) is 0 Å². The lowest BCUT2D eigenvalue weighted by molar-refractivity contribution is -0.162. The summed E-state index contributed by atoms with van der Waals surface area (Å²) in [6.45, 7) is -1.21. The van der Waals surface area contributed by atoms with E-state index < -0.39 is 88.4 Å². The Kier molecular flexibility index (Phi) is 10.2. The quantitative estimate of drug-likeness (QED) is 0.0822. The zero-order chi connectivity index (χ0) is 28.3. The van der Waals surface area contributed by atoms with E-state index in [2.05, 4.69) is 13.4 Å². The van der Waals surface area contributed by atoms with Crippen molar-refractivity contribution in [2.24, 2.45) is 0 Å². The van der Waals surface area contributed by atoms with Gasteiger partial charge in [0.1, 0.15) is 36.6 Å². The first-order valence-electron chi connectivity index (χ1n) is 9.75. The van der Waals surface area contributed by atoms with Crippen LogP contribution in [-0.4, -0.2) is 112 Å². The molecular formula is C15H22N2O18P2. The molecule has 2 rings (SSSR count). The van der Waals surface area contributed by atoms with Gasteiger partial charge in [-0.3, -0.25) is 18.9 Å². The Balaban J connectivity index is 2.18. The first-order valence-corrected chi connectivity index (χ1v) is 12.7. The Bertz CT molecular complexity index is 1180. The molecule has 0 spiro atoms. The van der Waals surface area contributed by atoms with Crippen LogP contribution in [0, 0.1) is 0 Å². The highest BCUT2D eigenvalue weighted by Crippen LogP contribution is 2.61. The molecule has 1 fully saturated rings. The van der Waals surface area contributed by atoms with Crippen molar-refractivity contribution in [3.05, 3.63) is 33.1 Å². The van der Waals surface area contributed by atoms with Gasteiger partial charge in [-0.05, 0) is 0 Å². The van der Waals surface area contributed by atoms with Crippen LogP contribution in [0.1, 0.15) is 6.23 Å². The zero-order valence-corrected chi connectivity index (χ0v) is 19.8. The number of phosphoric acid groups is 2. The summed E-state index contributed by atoms with van der Waals surface area (Å²) in [5, 5.41) is 58.3. The number of aliphatic hydroxyl groups excluding tert-OH is 6. The standard InChI is InChI=1S/C15H22N2O18P2/c18-3-5(19)8(21)10(23)12(25)14(26)34-37(31,35-36(28,29)30)32-4-6-9(22)11(24)13(33-6)17-2-1-7(20)16-15(17)27/h1-3,5-6,8-13,19,21-25H,4H2,(H,16,20,27)(H2,28,29,30)/t5-,6+,8+,9+,10-,11+,12-,13+,37?/m0/s1. The molecule has 1 aromatic rings. The minimum absolute atomic E-state index is 0.271. The number of carbonyl (C=O) groups is 2. The number of aromatic nitrogens is 2. The van der Waals surface area contributed by atoms with Crippen LogP contribution in [0.25, 0.3) is 0 Å². The molecule has 0 amide bonds. The molecular weight excluding hydrogens is 558 g/mol. The topological polar surface area (TPSA) is 322 Å². The van der Waals surface area contributed by atoms with E-state index in [9.17, 15) is 53.8 Å². The monoisotopic (exact) mass is 580 g/mol. The van der Waals surface area contributed by atoms with E-state index >= 15 is 0 Å². The Morgan fingerprint density at radius 3 is 2.30 bits per heavy atom. The van der Waals surface area contributed by atoms with E-state index in [0.717, 1.165) is 12.3 Å². The summed E-state index contributed by atoms with van der Waals surface area (Å²) >= 11 is 0. The van der Waals surface area contributed by atoms with Crippen molar-refractivity contribution < 1.29 is 77.2 Å². The normalized spacial score (nSPS) is 27.0. The predicted octanol–water partition coefficient (Wildman–Crippen LogP) is -5.42. The first kappa shape index (κ1) is 31.1. The molecule has 0 aromatic carbocycles. The minimum Gasteiger partial charge on any atom is -0.387 e. The Morgan fingerprint density at radius 2 is 1.76 bits per heavy atom. The number of aldehydes is 1. The zero-order valence-electron chi connectivity index (χ0n) is 18.1. The van der Waals surface area contributed by atoms with E-state index in [4.69, 9.17) is 19.6 Å². The van der Waals surface area contributed by atoms with Crippen molar-refractivity contribution in [1.29, 1.82) is 0 Å². The van der Waals surface area contributed by atoms with Gasteiger partial charge in [0.15, 0.2) is 18.6 Å². The predicted molar refractivity (Wildman–Crippen MR) is 110 cm³/mol. The van der Waals surface area contributed by atoms with Crippen molar-refractivity contribution >= 4 is 27.9 Å². The molecule has 210 valence electrons. The van der Waals surface area contributed by atoms with Crippen LogP contribution < -0.4 is 11.2 Å². The van der Waals surface area contributed by atoms with Gasteiger partial charge in [0, 0.05) is 12.3 Å². The number of aromatic amines is 1. The average Bonchev–Trinajstić information content (AvgIpc) is 3.08. The molecule has 0 radical (unpaired) electrons. The molecule has 9 atom stereocenters. The summed E-state index contributed by atoms with van der Waals surface area (Å²) < 4.78 is 42.2. The first-order chi connectivity index (χ1) is 17.0. The lowest BCUT2D eigenvalue weighted by atomic mass is 10.0. The number of H-pyrrole nitrogens is 1. The SMILES string of the molecule is O=C[C@H](O)[C@@H](O)[C@H](O)[C@H](O)C(=O)OP(=O)(OC[C@H]1O[C@@H](n2ccc(=O)[nH]c2=O)[C@H](O)[C@@H]1O)OP(=O)(O)O. The van der Waals surface area contributed by atoms with Crippen molar-refractivity contribution in [2.75, 3.05) is 6.61 Å². The highest BCUT2D eigenvalue weighted by Gasteiger charge is 2.48. The number of nitrogens with one attached hydrogen (secondary N) is 1. The second kappa shape index (κ2) is 12.1. The number of aliphatic hydroxyl groups is 6. The van der Waals surface area contributed by atoms with E-state index in [1.54, 1.807) is 0 Å². The van der Waals surface area contributed by atoms with Crippen LogP contribution in [0.3, 0.4) is 0 Å². The third kappa shape index (κ3) is 7.91. The molecule has 0 saturated carbocycles. The summed E-state index contributed by atoms with van der Waals surface area (Å²) in [7, 11) is -11.5. The Labute approximate surface area is 204 Å². The summed E-state index contributed by atoms with van der Waals surface area (Å²) in [4.78, 5) is 65.4. The van der Waals surface area contributed by atoms with E-state index in [0.29, 0.717) is 4.57 Å². The van der Waals surface area contributed by atoms with Crippen LogP contribution in [0.4, 0.5) is 0 Å². The van der Waals surface area contributed by atoms with Gasteiger partial charge in [-0.25, -0.2) is 18.7 Å². The molecule has 0 aliphatic carbocycles. The molecule has 9 N–H and O–H groups in total. The lowest BCUT2D eigenvalue weighted by Crippen LogP contribution is -2.48. The van der Waals surface area contributed by atoms with Gasteiger partial charge < -0.3 is 54.5 Å². The fourth-order valence-electron chi connectivity index (χ4n) is 2.86. The second-order valence-electron chi connectivity index (χ2n) is 7.34. The third-order valence-corrected chi connectivity index (χ3v) is 7.19. The number of ether oxygens (including phenoxy) is 1. The maximum Gasteiger partial charge on any atom is 0.541 e. The van der Waals surface area contributed by atoms with Crippen LogP contribution in [-0.2, 0) is 36.8 Å². The van der Waals surface area contributed by atoms with Crippen molar-refractivity contribution in [1.82, 2.24) is 9.55 Å². The largest absolute Gasteiger partial charge is 0.541 e. The van der Waals surface area contributed by atoms with Crippen LogP contribution in [0.15, 0.2) is 21.9 Å². The number of rotatable bonds is 12. The Morgan fingerprint density at radius 1 is 1.14 bits per heavy atom. The number of nitrogens with zero attached hydrogens (tertiary/aromatic N) is 1. The number of carbonyl (C=O) groups excluding carboxylic acids is 2. The maximum atomic E-state index is 12.7. The van der Waals surface area contributed by atoms with Gasteiger partial charge in [-0.15, -0.1) is 0 Å². The van der Waals surface area contributed by atoms with Crippen LogP contribution in [0.5, 0.6) is 0 Å². The molecule has 0 bridgehead atoms. The van der Waals surface area contributed by atoms with Gasteiger partial charge >= 0.3 is 27.3 Å². The molecule has 1 aromatic heterocycles. The number of phosphoric ester groups is 1. The smallest absolute Gasteiger partial charge is 0.387 e. The molecule has 1 aliphatic rings. The van der Waals surface area contributed by atoms with Crippen LogP contribution >= 0.6 is 15.6 Å². The van der Waals surface area contributed by atoms with Crippen molar-refractivity contribution in [3.8, 4) is 0 Å². The summed E-state index contributed by atoms with van der Waals surface area (Å²) in [6, 6.07) is 0.875. The fourth-order valence-corrected chi connectivity index (χ4v) is 4.93. The maximum absolute atomic E-state index is 12.7. The number of hydrogen-bond donors (Lipinski definition) is 9. The van der Waals surface area contributed by atoms with Gasteiger partial charge in [0.2, 0.25) is 0 Å². The molecule has 1 aliphatic heterocycles.